The lowest BCUT2D eigenvalue weighted by atomic mass is 10.1. The van der Waals surface area contributed by atoms with E-state index in [9.17, 15) is 5.26 Å². The van der Waals surface area contributed by atoms with Gasteiger partial charge in [0, 0.05) is 19.6 Å². The number of nitrogens with two attached hydrogens (primary N) is 1. The minimum absolute atomic E-state index is 0. The van der Waals surface area contributed by atoms with Crippen molar-refractivity contribution < 1.29 is 0 Å². The number of aliphatic imine (C=N–C) groups is 1. The summed E-state index contributed by atoms with van der Waals surface area (Å²) in [5.74, 6) is 1.18. The van der Waals surface area contributed by atoms with Gasteiger partial charge in [-0.2, -0.15) is 10.4 Å². The molecule has 1 aromatic heterocycles. The monoisotopic (exact) mass is 543 g/mol. The number of rotatable bonds is 9. The topological polar surface area (TPSA) is 104 Å². The number of para-hydroxylation sites is 1. The number of guanidine groups is 1. The number of benzene rings is 2. The van der Waals surface area contributed by atoms with Gasteiger partial charge in [0.05, 0.1) is 11.4 Å². The van der Waals surface area contributed by atoms with E-state index in [1.54, 1.807) is 4.68 Å². The first-order valence-electron chi connectivity index (χ1n) is 10.6. The lowest BCUT2D eigenvalue weighted by Gasteiger charge is -2.11. The van der Waals surface area contributed by atoms with Crippen LogP contribution in [0, 0.1) is 11.3 Å². The van der Waals surface area contributed by atoms with E-state index in [0.29, 0.717) is 30.0 Å². The lowest BCUT2D eigenvalue weighted by molar-refractivity contribution is 0.756. The molecular formula is C24H30IN7. The Labute approximate surface area is 206 Å². The smallest absolute Gasteiger partial charge is 0.191 e. The maximum atomic E-state index is 9.53. The number of nitrogens with zero attached hydrogens (tertiary/aromatic N) is 4. The van der Waals surface area contributed by atoms with E-state index < -0.39 is 0 Å². The van der Waals surface area contributed by atoms with Crippen molar-refractivity contribution >= 4 is 35.8 Å². The number of aromatic nitrogens is 2. The third-order valence-corrected chi connectivity index (χ3v) is 4.84. The Kier molecular flexibility index (Phi) is 10.5. The summed E-state index contributed by atoms with van der Waals surface area (Å²) in [6.45, 7) is 4.29. The summed E-state index contributed by atoms with van der Waals surface area (Å²) >= 11 is 0. The van der Waals surface area contributed by atoms with Crippen molar-refractivity contribution in [2.75, 3.05) is 25.4 Å². The van der Waals surface area contributed by atoms with Gasteiger partial charge >= 0.3 is 0 Å². The summed E-state index contributed by atoms with van der Waals surface area (Å²) in [5, 5.41) is 20.8. The van der Waals surface area contributed by atoms with Crippen LogP contribution >= 0.6 is 24.0 Å². The molecule has 0 radical (unpaired) electrons. The average molecular weight is 543 g/mol. The Bertz CT molecular complexity index is 1020. The first-order valence-corrected chi connectivity index (χ1v) is 10.6. The van der Waals surface area contributed by atoms with Gasteiger partial charge in [-0.3, -0.25) is 4.99 Å². The van der Waals surface area contributed by atoms with Crippen LogP contribution in [0.4, 0.5) is 5.82 Å². The molecule has 7 nitrogen and oxygen atoms in total. The third kappa shape index (κ3) is 6.99. The summed E-state index contributed by atoms with van der Waals surface area (Å²) in [6.07, 6.45) is 2.35. The molecule has 0 aliphatic carbocycles. The van der Waals surface area contributed by atoms with E-state index in [0.717, 1.165) is 37.6 Å². The summed E-state index contributed by atoms with van der Waals surface area (Å²) < 4.78 is 1.63. The van der Waals surface area contributed by atoms with Gasteiger partial charge in [-0.05, 0) is 43.9 Å². The standard InChI is InChI=1S/C24H29N7.HI/c1-2-27-24(29-17-15-19-10-5-3-6-11-19)28-16-9-14-22-21(18-25)23(26)31(30-22)20-12-7-4-8-13-20;/h3-8,10-13H,2,9,14-17,26H2,1H3,(H2,27,28,29);1H. The van der Waals surface area contributed by atoms with Crippen LogP contribution in [0.1, 0.15) is 30.2 Å². The van der Waals surface area contributed by atoms with Crippen LogP contribution in [0.3, 0.4) is 0 Å². The van der Waals surface area contributed by atoms with Crippen LogP contribution in [-0.2, 0) is 12.8 Å². The van der Waals surface area contributed by atoms with E-state index >= 15 is 0 Å². The molecule has 0 atom stereocenters. The number of nitriles is 1. The van der Waals surface area contributed by atoms with E-state index in [4.69, 9.17) is 5.73 Å². The van der Waals surface area contributed by atoms with Crippen LogP contribution in [0.25, 0.3) is 5.69 Å². The molecule has 0 saturated carbocycles. The second-order valence-corrected chi connectivity index (χ2v) is 7.09. The molecule has 1 heterocycles. The zero-order valence-corrected chi connectivity index (χ0v) is 20.6. The molecule has 0 aliphatic rings. The molecule has 2 aromatic carbocycles. The van der Waals surface area contributed by atoms with Crippen molar-refractivity contribution in [3.05, 3.63) is 77.5 Å². The molecule has 8 heteroatoms. The SMILES string of the molecule is CCNC(=NCCCc1nn(-c2ccccc2)c(N)c1C#N)NCCc1ccccc1.I. The van der Waals surface area contributed by atoms with E-state index in [1.165, 1.54) is 5.56 Å². The van der Waals surface area contributed by atoms with Crippen molar-refractivity contribution in [3.63, 3.8) is 0 Å². The number of nitrogens with one attached hydrogen (secondary N) is 2. The van der Waals surface area contributed by atoms with Crippen molar-refractivity contribution in [3.8, 4) is 11.8 Å². The maximum Gasteiger partial charge on any atom is 0.191 e. The zero-order chi connectivity index (χ0) is 21.9. The van der Waals surface area contributed by atoms with Gasteiger partial charge in [-0.15, -0.1) is 24.0 Å². The van der Waals surface area contributed by atoms with Gasteiger partial charge in [0.1, 0.15) is 17.5 Å². The van der Waals surface area contributed by atoms with Crippen LogP contribution in [0.2, 0.25) is 0 Å². The normalized spacial score (nSPS) is 10.8. The molecule has 3 aromatic rings. The fourth-order valence-electron chi connectivity index (χ4n) is 3.29. The quantitative estimate of drug-likeness (QED) is 0.165. The van der Waals surface area contributed by atoms with Gasteiger partial charge in [0.2, 0.25) is 0 Å². The van der Waals surface area contributed by atoms with Gasteiger partial charge < -0.3 is 16.4 Å². The number of halogens is 1. The highest BCUT2D eigenvalue weighted by molar-refractivity contribution is 14.0. The molecule has 0 spiro atoms. The van der Waals surface area contributed by atoms with Crippen molar-refractivity contribution in [2.45, 2.75) is 26.2 Å². The van der Waals surface area contributed by atoms with Gasteiger partial charge in [-0.1, -0.05) is 48.5 Å². The van der Waals surface area contributed by atoms with Crippen LogP contribution in [-0.4, -0.2) is 35.4 Å². The number of hydrogen-bond donors (Lipinski definition) is 3. The van der Waals surface area contributed by atoms with E-state index in [2.05, 4.69) is 51.1 Å². The summed E-state index contributed by atoms with van der Waals surface area (Å²) in [5.41, 5.74) is 9.46. The van der Waals surface area contributed by atoms with E-state index in [-0.39, 0.29) is 24.0 Å². The van der Waals surface area contributed by atoms with Crippen LogP contribution < -0.4 is 16.4 Å². The minimum atomic E-state index is 0. The molecule has 0 fully saturated rings. The van der Waals surface area contributed by atoms with E-state index in [1.807, 2.05) is 43.3 Å². The van der Waals surface area contributed by atoms with Crippen molar-refractivity contribution in [1.29, 1.82) is 5.26 Å². The fraction of sp³-hybridized carbons (Fsp3) is 0.292. The first kappa shape index (κ1) is 25.2. The Morgan fingerprint density at radius 1 is 1.06 bits per heavy atom. The Balaban J connectivity index is 0.00000363. The molecule has 0 bridgehead atoms. The molecular weight excluding hydrogens is 513 g/mol. The highest BCUT2D eigenvalue weighted by Crippen LogP contribution is 2.21. The summed E-state index contributed by atoms with van der Waals surface area (Å²) in [4.78, 5) is 4.65. The largest absolute Gasteiger partial charge is 0.382 e. The Morgan fingerprint density at radius 2 is 1.75 bits per heavy atom. The minimum Gasteiger partial charge on any atom is -0.382 e. The molecule has 0 amide bonds. The molecule has 0 unspecified atom stereocenters. The predicted octanol–water partition coefficient (Wildman–Crippen LogP) is 3.67. The lowest BCUT2D eigenvalue weighted by Crippen LogP contribution is -2.38. The molecule has 32 heavy (non-hydrogen) atoms. The number of hydrogen-bond acceptors (Lipinski definition) is 4. The van der Waals surface area contributed by atoms with Crippen LogP contribution in [0.15, 0.2) is 65.7 Å². The van der Waals surface area contributed by atoms with Gasteiger partial charge in [0.15, 0.2) is 5.96 Å². The summed E-state index contributed by atoms with van der Waals surface area (Å²) in [6, 6.07) is 22.2. The molecule has 168 valence electrons. The summed E-state index contributed by atoms with van der Waals surface area (Å²) in [7, 11) is 0. The zero-order valence-electron chi connectivity index (χ0n) is 18.3. The molecule has 4 N–H and O–H groups in total. The van der Waals surface area contributed by atoms with Crippen molar-refractivity contribution in [1.82, 2.24) is 20.4 Å². The highest BCUT2D eigenvalue weighted by atomic mass is 127. The number of aryl methyl sites for hydroxylation is 1. The molecule has 0 saturated heterocycles. The maximum absolute atomic E-state index is 9.53. The number of anilines is 1. The van der Waals surface area contributed by atoms with Crippen LogP contribution in [0.5, 0.6) is 0 Å². The molecule has 3 rings (SSSR count). The Hall–Kier alpha value is -3.06. The predicted molar refractivity (Wildman–Crippen MR) is 141 cm³/mol. The number of nitrogen functional groups attached to an aromatic ring is 1. The van der Waals surface area contributed by atoms with Gasteiger partial charge in [0.25, 0.3) is 0 Å². The van der Waals surface area contributed by atoms with Crippen molar-refractivity contribution in [2.24, 2.45) is 4.99 Å². The fourth-order valence-corrected chi connectivity index (χ4v) is 3.29. The average Bonchev–Trinajstić information content (AvgIpc) is 3.13. The molecule has 0 aliphatic heterocycles. The second kappa shape index (κ2) is 13.4. The third-order valence-electron chi connectivity index (χ3n) is 4.84. The highest BCUT2D eigenvalue weighted by Gasteiger charge is 2.16. The van der Waals surface area contributed by atoms with Gasteiger partial charge in [-0.25, -0.2) is 4.68 Å². The second-order valence-electron chi connectivity index (χ2n) is 7.09. The first-order chi connectivity index (χ1) is 15.2. The Morgan fingerprint density at radius 3 is 2.41 bits per heavy atom.